The number of nitrogens with two attached hydrogens (primary N) is 1. The highest BCUT2D eigenvalue weighted by Crippen LogP contribution is 2.27. The molecule has 0 saturated heterocycles. The highest BCUT2D eigenvalue weighted by Gasteiger charge is 2.05. The summed E-state index contributed by atoms with van der Waals surface area (Å²) in [4.78, 5) is 14.6. The molecular weight excluding hydrogens is 356 g/mol. The van der Waals surface area contributed by atoms with Gasteiger partial charge in [-0.2, -0.15) is 17.0 Å². The van der Waals surface area contributed by atoms with Crippen molar-refractivity contribution in [1.29, 1.82) is 5.26 Å². The Kier molecular flexibility index (Phi) is 10.4. The zero-order valence-electron chi connectivity index (χ0n) is 15.8. The number of nitrogens with one attached hydrogen (secondary N) is 1. The summed E-state index contributed by atoms with van der Waals surface area (Å²) >= 11 is 1.76. The maximum Gasteiger partial charge on any atom is 0.218 e. The van der Waals surface area contributed by atoms with E-state index in [1.54, 1.807) is 23.9 Å². The van der Waals surface area contributed by atoms with Crippen LogP contribution in [0.1, 0.15) is 43.1 Å². The van der Waals surface area contributed by atoms with Gasteiger partial charge in [-0.3, -0.25) is 4.79 Å². The molecule has 2 rings (SSSR count). The van der Waals surface area contributed by atoms with Crippen molar-refractivity contribution in [3.8, 4) is 6.07 Å². The smallest absolute Gasteiger partial charge is 0.218 e. The number of nitrogens with zero attached hydrogens (tertiary/aromatic N) is 2. The average Bonchev–Trinajstić information content (AvgIpc) is 2.69. The Morgan fingerprint density at radius 2 is 2.04 bits per heavy atom. The molecule has 0 aliphatic carbocycles. The molecule has 5 nitrogen and oxygen atoms in total. The lowest BCUT2D eigenvalue weighted by Crippen LogP contribution is -2.11. The lowest BCUT2D eigenvalue weighted by molar-refractivity contribution is -0.117. The van der Waals surface area contributed by atoms with Crippen LogP contribution in [0.15, 0.2) is 60.9 Å². The molecule has 6 heteroatoms. The maximum absolute atomic E-state index is 10.5. The Labute approximate surface area is 165 Å². The molecule has 1 aromatic carbocycles. The molecule has 3 N–H and O–H groups in total. The Balaban J connectivity index is 0.000000271. The molecule has 1 heterocycles. The van der Waals surface area contributed by atoms with Gasteiger partial charge in [-0.15, -0.1) is 0 Å². The maximum atomic E-state index is 10.5. The number of anilines is 1. The van der Waals surface area contributed by atoms with Gasteiger partial charge >= 0.3 is 0 Å². The molecule has 0 aliphatic heterocycles. The van der Waals surface area contributed by atoms with Gasteiger partial charge in [0.2, 0.25) is 5.91 Å². The Morgan fingerprint density at radius 1 is 1.33 bits per heavy atom. The number of aromatic nitrogens is 1. The van der Waals surface area contributed by atoms with E-state index in [0.29, 0.717) is 17.2 Å². The van der Waals surface area contributed by atoms with Crippen molar-refractivity contribution in [3.05, 3.63) is 72.1 Å². The van der Waals surface area contributed by atoms with E-state index < -0.39 is 0 Å². The number of hydrogen-bond acceptors (Lipinski definition) is 5. The number of amides is 1. The first-order valence-corrected chi connectivity index (χ1v) is 9.77. The number of hydrogen-bond donors (Lipinski definition) is 2. The number of allylic oxidation sites excluding steroid dienone is 1. The first kappa shape index (κ1) is 22.3. The zero-order chi connectivity index (χ0) is 20.1. The third-order valence-corrected chi connectivity index (χ3v) is 4.82. The highest BCUT2D eigenvalue weighted by molar-refractivity contribution is 7.99. The Bertz CT molecular complexity index is 754. The molecule has 1 atom stereocenters. The predicted octanol–water partition coefficient (Wildman–Crippen LogP) is 4.65. The van der Waals surface area contributed by atoms with Crippen molar-refractivity contribution < 1.29 is 4.79 Å². The van der Waals surface area contributed by atoms with E-state index in [1.165, 1.54) is 11.8 Å². The molecule has 0 spiro atoms. The summed E-state index contributed by atoms with van der Waals surface area (Å²) in [6, 6.07) is 15.8. The SMILES string of the molecule is C=C(CC)Nc1ccc(C#N)cn1.CC(SCCC(N)=O)c1ccccc1. The normalized spacial score (nSPS) is 10.7. The van der Waals surface area contributed by atoms with Crippen LogP contribution in [0.2, 0.25) is 0 Å². The largest absolute Gasteiger partial charge is 0.370 e. The van der Waals surface area contributed by atoms with Crippen molar-refractivity contribution in [3.63, 3.8) is 0 Å². The van der Waals surface area contributed by atoms with Gasteiger partial charge in [-0.1, -0.05) is 43.8 Å². The topological polar surface area (TPSA) is 91.8 Å². The van der Waals surface area contributed by atoms with Gasteiger partial charge in [0, 0.05) is 29.3 Å². The van der Waals surface area contributed by atoms with Crippen molar-refractivity contribution in [2.75, 3.05) is 11.1 Å². The van der Waals surface area contributed by atoms with Crippen molar-refractivity contribution in [2.45, 2.75) is 31.9 Å². The number of rotatable bonds is 8. The first-order chi connectivity index (χ1) is 13.0. The van der Waals surface area contributed by atoms with Crippen LogP contribution in [-0.2, 0) is 4.79 Å². The molecular formula is C21H26N4OS. The molecule has 0 aliphatic rings. The van der Waals surface area contributed by atoms with Gasteiger partial charge in [0.1, 0.15) is 11.9 Å². The summed E-state index contributed by atoms with van der Waals surface area (Å²) < 4.78 is 0. The van der Waals surface area contributed by atoms with Crippen LogP contribution in [0, 0.1) is 11.3 Å². The summed E-state index contributed by atoms with van der Waals surface area (Å²) in [5, 5.41) is 12.0. The number of thioether (sulfide) groups is 1. The third kappa shape index (κ3) is 9.47. The van der Waals surface area contributed by atoms with Gasteiger partial charge in [0.15, 0.2) is 0 Å². The van der Waals surface area contributed by atoms with Crippen LogP contribution >= 0.6 is 11.8 Å². The van der Waals surface area contributed by atoms with E-state index in [9.17, 15) is 4.79 Å². The number of primary amides is 1. The van der Waals surface area contributed by atoms with Crippen molar-refractivity contribution in [1.82, 2.24) is 4.98 Å². The average molecular weight is 383 g/mol. The number of carbonyl (C=O) groups is 1. The Hall–Kier alpha value is -2.78. The second-order valence-electron chi connectivity index (χ2n) is 5.77. The predicted molar refractivity (Wildman–Crippen MR) is 113 cm³/mol. The van der Waals surface area contributed by atoms with Crippen molar-refractivity contribution in [2.24, 2.45) is 5.73 Å². The summed E-state index contributed by atoms with van der Waals surface area (Å²) in [5.41, 5.74) is 7.84. The van der Waals surface area contributed by atoms with Crippen LogP contribution in [-0.4, -0.2) is 16.6 Å². The third-order valence-electron chi connectivity index (χ3n) is 3.61. The van der Waals surface area contributed by atoms with Gasteiger partial charge in [-0.25, -0.2) is 4.98 Å². The molecule has 0 fully saturated rings. The molecule has 0 saturated carbocycles. The van der Waals surface area contributed by atoms with Crippen LogP contribution in [0.25, 0.3) is 0 Å². The molecule has 0 bridgehead atoms. The van der Waals surface area contributed by atoms with Crippen LogP contribution < -0.4 is 11.1 Å². The fourth-order valence-corrected chi connectivity index (χ4v) is 2.98. The minimum atomic E-state index is -0.224. The Morgan fingerprint density at radius 3 is 2.56 bits per heavy atom. The second-order valence-corrected chi connectivity index (χ2v) is 7.21. The lowest BCUT2D eigenvalue weighted by atomic mass is 10.2. The fourth-order valence-electron chi connectivity index (χ4n) is 1.96. The lowest BCUT2D eigenvalue weighted by Gasteiger charge is -2.10. The molecule has 1 unspecified atom stereocenters. The summed E-state index contributed by atoms with van der Waals surface area (Å²) in [6.07, 6.45) is 2.86. The van der Waals surface area contributed by atoms with Gasteiger partial charge < -0.3 is 11.1 Å². The monoisotopic (exact) mass is 382 g/mol. The van der Waals surface area contributed by atoms with Crippen LogP contribution in [0.3, 0.4) is 0 Å². The minimum Gasteiger partial charge on any atom is -0.370 e. The van der Waals surface area contributed by atoms with E-state index in [2.05, 4.69) is 35.9 Å². The quantitative estimate of drug-likeness (QED) is 0.693. The van der Waals surface area contributed by atoms with Gasteiger partial charge in [0.05, 0.1) is 5.56 Å². The number of carbonyl (C=O) groups excluding carboxylic acids is 1. The van der Waals surface area contributed by atoms with Gasteiger partial charge in [-0.05, 0) is 31.0 Å². The summed E-state index contributed by atoms with van der Waals surface area (Å²) in [5.74, 6) is 1.30. The first-order valence-electron chi connectivity index (χ1n) is 8.72. The molecule has 27 heavy (non-hydrogen) atoms. The van der Waals surface area contributed by atoms with Crippen LogP contribution in [0.5, 0.6) is 0 Å². The van der Waals surface area contributed by atoms with Crippen LogP contribution in [0.4, 0.5) is 5.82 Å². The number of benzene rings is 1. The summed E-state index contributed by atoms with van der Waals surface area (Å²) in [6.45, 7) is 7.95. The molecule has 1 amide bonds. The minimum absolute atomic E-state index is 0.224. The number of nitriles is 1. The van der Waals surface area contributed by atoms with E-state index >= 15 is 0 Å². The fraction of sp³-hybridized carbons (Fsp3) is 0.286. The zero-order valence-corrected chi connectivity index (χ0v) is 16.6. The van der Waals surface area contributed by atoms with E-state index in [4.69, 9.17) is 11.0 Å². The van der Waals surface area contributed by atoms with E-state index in [-0.39, 0.29) is 5.91 Å². The van der Waals surface area contributed by atoms with Crippen molar-refractivity contribution >= 4 is 23.5 Å². The second kappa shape index (κ2) is 12.6. The summed E-state index contributed by atoms with van der Waals surface area (Å²) in [7, 11) is 0. The highest BCUT2D eigenvalue weighted by atomic mass is 32.2. The van der Waals surface area contributed by atoms with Gasteiger partial charge in [0.25, 0.3) is 0 Å². The number of pyridine rings is 1. The molecule has 142 valence electrons. The van der Waals surface area contributed by atoms with E-state index in [0.717, 1.165) is 23.7 Å². The molecule has 1 aromatic heterocycles. The molecule has 2 aromatic rings. The molecule has 0 radical (unpaired) electrons. The van der Waals surface area contributed by atoms with E-state index in [1.807, 2.05) is 31.2 Å². The standard InChI is InChI=1S/C11H15NOS.C10H11N3/c1-9(14-8-7-11(12)13)10-5-3-2-4-6-10;1-3-8(2)13-10-5-4-9(6-11)7-12-10/h2-6,9H,7-8H2,1H3,(H2,12,13);4-5,7H,2-3H2,1H3,(H,12,13).